The van der Waals surface area contributed by atoms with Crippen LogP contribution < -0.4 is 4.74 Å². The second-order valence-electron chi connectivity index (χ2n) is 4.92. The lowest BCUT2D eigenvalue weighted by molar-refractivity contribution is 0.0396. The van der Waals surface area contributed by atoms with Crippen molar-refractivity contribution in [2.24, 2.45) is 0 Å². The Kier molecular flexibility index (Phi) is 3.17. The Labute approximate surface area is 130 Å². The molecule has 0 spiro atoms. The predicted octanol–water partition coefficient (Wildman–Crippen LogP) is 3.48. The van der Waals surface area contributed by atoms with E-state index in [4.69, 9.17) is 9.47 Å². The first-order valence-corrected chi connectivity index (χ1v) is 7.16. The number of aryl methyl sites for hydroxylation is 1. The number of halogens is 1. The van der Waals surface area contributed by atoms with Gasteiger partial charge >= 0.3 is 5.97 Å². The number of aromatic hydroxyl groups is 1. The van der Waals surface area contributed by atoms with E-state index in [-0.39, 0.29) is 5.75 Å². The number of phenolic OH excluding ortho intramolecular Hbond substituents is 1. The molecule has 0 aliphatic carbocycles. The average Bonchev–Trinajstić information content (AvgIpc) is 2.70. The molecule has 108 valence electrons. The molecule has 3 rings (SSSR count). The van der Waals surface area contributed by atoms with Crippen LogP contribution in [0.1, 0.15) is 27.0 Å². The molecule has 1 atom stereocenters. The number of hydrogen-bond acceptors (Lipinski definition) is 4. The van der Waals surface area contributed by atoms with Crippen molar-refractivity contribution in [1.29, 1.82) is 0 Å². The second kappa shape index (κ2) is 4.77. The van der Waals surface area contributed by atoms with Crippen LogP contribution in [-0.2, 0) is 9.25 Å². The number of cyclic esters (lactones) is 1. The summed E-state index contributed by atoms with van der Waals surface area (Å²) in [7, 11) is 1.52. The molecule has 0 saturated carbocycles. The van der Waals surface area contributed by atoms with Crippen LogP contribution in [-0.4, -0.2) is 18.2 Å². The minimum atomic E-state index is -1.18. The van der Waals surface area contributed by atoms with E-state index in [0.29, 0.717) is 22.4 Å². The first kappa shape index (κ1) is 13.9. The molecule has 0 saturated heterocycles. The van der Waals surface area contributed by atoms with Crippen molar-refractivity contribution < 1.29 is 19.4 Å². The van der Waals surface area contributed by atoms with E-state index >= 15 is 0 Å². The van der Waals surface area contributed by atoms with Gasteiger partial charge < -0.3 is 14.6 Å². The van der Waals surface area contributed by atoms with Crippen LogP contribution in [0.25, 0.3) is 0 Å². The van der Waals surface area contributed by atoms with E-state index in [1.165, 1.54) is 13.2 Å². The smallest absolute Gasteiger partial charge is 0.340 e. The molecule has 0 radical (unpaired) electrons. The number of esters is 1. The third-order valence-corrected chi connectivity index (χ3v) is 4.54. The highest BCUT2D eigenvalue weighted by atomic mass is 79.9. The molecular formula is C16H13BrO4. The molecule has 1 aliphatic heterocycles. The van der Waals surface area contributed by atoms with Gasteiger partial charge in [-0.25, -0.2) is 4.79 Å². The number of alkyl halides is 1. The summed E-state index contributed by atoms with van der Waals surface area (Å²) in [6.45, 7) is 1.91. The molecule has 0 amide bonds. The molecule has 21 heavy (non-hydrogen) atoms. The summed E-state index contributed by atoms with van der Waals surface area (Å²) in [5.74, 6) is 0.106. The number of ether oxygens (including phenoxy) is 2. The topological polar surface area (TPSA) is 55.8 Å². The highest BCUT2D eigenvalue weighted by Crippen LogP contribution is 2.50. The fourth-order valence-electron chi connectivity index (χ4n) is 2.46. The maximum Gasteiger partial charge on any atom is 0.340 e. The molecule has 0 bridgehead atoms. The van der Waals surface area contributed by atoms with Gasteiger partial charge in [-0.05, 0) is 41.1 Å². The number of fused-ring (bicyclic) bond motifs is 1. The van der Waals surface area contributed by atoms with Gasteiger partial charge in [0, 0.05) is 11.6 Å². The van der Waals surface area contributed by atoms with E-state index in [0.717, 1.165) is 5.56 Å². The Morgan fingerprint density at radius 2 is 1.90 bits per heavy atom. The van der Waals surface area contributed by atoms with Crippen LogP contribution in [0.15, 0.2) is 36.4 Å². The summed E-state index contributed by atoms with van der Waals surface area (Å²) in [5.41, 5.74) is 2.61. The van der Waals surface area contributed by atoms with Gasteiger partial charge in [-0.15, -0.1) is 0 Å². The summed E-state index contributed by atoms with van der Waals surface area (Å²) >= 11 is 3.47. The van der Waals surface area contributed by atoms with Crippen molar-refractivity contribution in [1.82, 2.24) is 0 Å². The monoisotopic (exact) mass is 348 g/mol. The third-order valence-electron chi connectivity index (χ3n) is 3.53. The van der Waals surface area contributed by atoms with Crippen LogP contribution in [0.3, 0.4) is 0 Å². The Morgan fingerprint density at radius 1 is 1.19 bits per heavy atom. The van der Waals surface area contributed by atoms with Crippen LogP contribution >= 0.6 is 15.9 Å². The molecule has 5 heteroatoms. The third kappa shape index (κ3) is 2.08. The Morgan fingerprint density at radius 3 is 2.57 bits per heavy atom. The van der Waals surface area contributed by atoms with Gasteiger partial charge in [0.05, 0.1) is 18.2 Å². The number of hydrogen-bond donors (Lipinski definition) is 1. The number of carbonyl (C=O) groups is 1. The van der Waals surface area contributed by atoms with Crippen molar-refractivity contribution in [2.75, 3.05) is 7.11 Å². The summed E-state index contributed by atoms with van der Waals surface area (Å²) < 4.78 is 9.38. The van der Waals surface area contributed by atoms with Crippen molar-refractivity contribution in [3.05, 3.63) is 58.7 Å². The molecule has 2 aromatic rings. The minimum Gasteiger partial charge on any atom is -0.507 e. The lowest BCUT2D eigenvalue weighted by atomic mass is 9.97. The van der Waals surface area contributed by atoms with Gasteiger partial charge in [-0.3, -0.25) is 0 Å². The van der Waals surface area contributed by atoms with Gasteiger partial charge in [0.25, 0.3) is 0 Å². The molecule has 0 aromatic heterocycles. The summed E-state index contributed by atoms with van der Waals surface area (Å²) in [4.78, 5) is 12.1. The molecule has 0 fully saturated rings. The van der Waals surface area contributed by atoms with Crippen LogP contribution in [0.2, 0.25) is 0 Å². The van der Waals surface area contributed by atoms with Gasteiger partial charge in [0.1, 0.15) is 11.5 Å². The standard InChI is InChI=1S/C16H13BrO4/c1-9-3-5-12-11(7-9)15(19)21-16(12,17)13-6-4-10(20-2)8-14(13)18/h3-8,18H,1-2H3. The van der Waals surface area contributed by atoms with E-state index < -0.39 is 10.5 Å². The number of phenols is 1. The normalized spacial score (nSPS) is 20.0. The first-order chi connectivity index (χ1) is 9.95. The molecule has 1 N–H and O–H groups in total. The molecule has 2 aromatic carbocycles. The van der Waals surface area contributed by atoms with Crippen molar-refractivity contribution in [3.63, 3.8) is 0 Å². The second-order valence-corrected chi connectivity index (χ2v) is 6.03. The van der Waals surface area contributed by atoms with Crippen molar-refractivity contribution in [2.45, 2.75) is 11.4 Å². The number of methoxy groups -OCH3 is 1. The maximum atomic E-state index is 12.1. The van der Waals surface area contributed by atoms with Crippen LogP contribution in [0, 0.1) is 6.92 Å². The number of rotatable bonds is 2. The van der Waals surface area contributed by atoms with Gasteiger partial charge in [0.15, 0.2) is 0 Å². The fraction of sp³-hybridized carbons (Fsp3) is 0.188. The zero-order valence-electron chi connectivity index (χ0n) is 11.5. The quantitative estimate of drug-likeness (QED) is 0.666. The Bertz CT molecular complexity index is 741. The van der Waals surface area contributed by atoms with Gasteiger partial charge in [-0.1, -0.05) is 17.7 Å². The lowest BCUT2D eigenvalue weighted by Crippen LogP contribution is -2.19. The van der Waals surface area contributed by atoms with Gasteiger partial charge in [0.2, 0.25) is 4.51 Å². The van der Waals surface area contributed by atoms with Gasteiger partial charge in [-0.2, -0.15) is 0 Å². The molecule has 1 unspecified atom stereocenters. The largest absolute Gasteiger partial charge is 0.507 e. The van der Waals surface area contributed by atoms with E-state index in [2.05, 4.69) is 15.9 Å². The zero-order chi connectivity index (χ0) is 15.2. The predicted molar refractivity (Wildman–Crippen MR) is 81.0 cm³/mol. The molecular weight excluding hydrogens is 336 g/mol. The zero-order valence-corrected chi connectivity index (χ0v) is 13.1. The minimum absolute atomic E-state index is 0.00699. The molecule has 1 aliphatic rings. The first-order valence-electron chi connectivity index (χ1n) is 6.36. The highest BCUT2D eigenvalue weighted by molar-refractivity contribution is 9.09. The SMILES string of the molecule is COc1ccc(C2(Br)OC(=O)c3cc(C)ccc32)c(O)c1. The van der Waals surface area contributed by atoms with E-state index in [1.54, 1.807) is 18.2 Å². The van der Waals surface area contributed by atoms with E-state index in [9.17, 15) is 9.90 Å². The van der Waals surface area contributed by atoms with Crippen LogP contribution in [0.5, 0.6) is 11.5 Å². The number of benzene rings is 2. The summed E-state index contributed by atoms with van der Waals surface area (Å²) in [5, 5.41) is 10.2. The summed E-state index contributed by atoms with van der Waals surface area (Å²) in [6, 6.07) is 10.4. The number of carbonyl (C=O) groups excluding carboxylic acids is 1. The lowest BCUT2D eigenvalue weighted by Gasteiger charge is -2.23. The van der Waals surface area contributed by atoms with E-state index in [1.807, 2.05) is 19.1 Å². The maximum absolute atomic E-state index is 12.1. The highest BCUT2D eigenvalue weighted by Gasteiger charge is 2.46. The average molecular weight is 349 g/mol. The van der Waals surface area contributed by atoms with Crippen LogP contribution in [0.4, 0.5) is 0 Å². The molecule has 1 heterocycles. The summed E-state index contributed by atoms with van der Waals surface area (Å²) in [6.07, 6.45) is 0. The van der Waals surface area contributed by atoms with Crippen molar-refractivity contribution >= 4 is 21.9 Å². The molecule has 4 nitrogen and oxygen atoms in total. The Balaban J connectivity index is 2.18. The van der Waals surface area contributed by atoms with Crippen molar-refractivity contribution in [3.8, 4) is 11.5 Å². The Hall–Kier alpha value is -2.01. The fourth-order valence-corrected chi connectivity index (χ4v) is 3.28.